The lowest BCUT2D eigenvalue weighted by Gasteiger charge is -2.17. The van der Waals surface area contributed by atoms with Crippen molar-refractivity contribution in [2.45, 2.75) is 19.9 Å². The number of hydrogen-bond acceptors (Lipinski definition) is 6. The van der Waals surface area contributed by atoms with Crippen molar-refractivity contribution in [3.63, 3.8) is 0 Å². The van der Waals surface area contributed by atoms with Gasteiger partial charge in [0.15, 0.2) is 0 Å². The van der Waals surface area contributed by atoms with Gasteiger partial charge in [-0.2, -0.15) is 14.6 Å². The summed E-state index contributed by atoms with van der Waals surface area (Å²) in [7, 11) is 0. The number of aromatic nitrogens is 3. The molecule has 0 aliphatic carbocycles. The molecule has 0 saturated heterocycles. The molecular formula is C28H20N4O3S. The van der Waals surface area contributed by atoms with Crippen molar-refractivity contribution in [3.05, 3.63) is 132 Å². The van der Waals surface area contributed by atoms with E-state index in [9.17, 15) is 14.4 Å². The maximum absolute atomic E-state index is 13.7. The van der Waals surface area contributed by atoms with E-state index >= 15 is 0 Å². The number of thiazole rings is 1. The number of benzene rings is 3. The highest BCUT2D eigenvalue weighted by atomic mass is 32.1. The van der Waals surface area contributed by atoms with Crippen LogP contribution in [0.15, 0.2) is 88.5 Å². The highest BCUT2D eigenvalue weighted by molar-refractivity contribution is 7.15. The first-order valence-corrected chi connectivity index (χ1v) is 12.3. The minimum atomic E-state index is -0.476. The number of hydrogen-bond donors (Lipinski definition) is 0. The number of carbonyl (C=O) groups excluding carboxylic acids is 1. The fraction of sp³-hybridized carbons (Fsp3) is 0.107. The van der Waals surface area contributed by atoms with Gasteiger partial charge >= 0.3 is 0 Å². The molecule has 1 amide bonds. The Hall–Kier alpha value is -4.43. The molecule has 0 atom stereocenters. The van der Waals surface area contributed by atoms with E-state index in [0.29, 0.717) is 17.7 Å². The van der Waals surface area contributed by atoms with Crippen LogP contribution >= 0.6 is 11.3 Å². The summed E-state index contributed by atoms with van der Waals surface area (Å²) in [5.74, 6) is -0.257. The molecule has 7 nitrogen and oxygen atoms in total. The van der Waals surface area contributed by atoms with E-state index in [4.69, 9.17) is 0 Å². The summed E-state index contributed by atoms with van der Waals surface area (Å²) in [6, 6.07) is 24.9. The largest absolute Gasteiger partial charge is 0.303 e. The van der Waals surface area contributed by atoms with Crippen LogP contribution in [0.1, 0.15) is 27.9 Å². The lowest BCUT2D eigenvalue weighted by Crippen LogP contribution is -2.33. The summed E-state index contributed by atoms with van der Waals surface area (Å²) < 4.78 is 1.38. The molecule has 0 spiro atoms. The number of rotatable bonds is 4. The molecule has 0 fully saturated rings. The van der Waals surface area contributed by atoms with Gasteiger partial charge in [-0.25, -0.2) is 0 Å². The van der Waals surface area contributed by atoms with Crippen molar-refractivity contribution in [2.75, 3.05) is 4.90 Å². The van der Waals surface area contributed by atoms with Gasteiger partial charge in [0.05, 0.1) is 17.8 Å². The van der Waals surface area contributed by atoms with Gasteiger partial charge in [-0.3, -0.25) is 14.4 Å². The van der Waals surface area contributed by atoms with E-state index in [1.807, 2.05) is 85.8 Å². The Morgan fingerprint density at radius 3 is 2.33 bits per heavy atom. The number of amides is 1. The average Bonchev–Trinajstić information content (AvgIpc) is 3.34. The Morgan fingerprint density at radius 1 is 0.833 bits per heavy atom. The van der Waals surface area contributed by atoms with Crippen LogP contribution in [0, 0.1) is 6.92 Å². The Bertz CT molecular complexity index is 1810. The highest BCUT2D eigenvalue weighted by Gasteiger charge is 2.34. The zero-order valence-electron chi connectivity index (χ0n) is 19.3. The van der Waals surface area contributed by atoms with Crippen molar-refractivity contribution in [1.82, 2.24) is 14.6 Å². The molecule has 0 unspecified atom stereocenters. The predicted octanol–water partition coefficient (Wildman–Crippen LogP) is 2.88. The zero-order valence-corrected chi connectivity index (χ0v) is 20.2. The maximum Gasteiger partial charge on any atom is 0.296 e. The smallest absolute Gasteiger partial charge is 0.296 e. The number of carbonyl (C=O) groups is 1. The standard InChI is InChI=1S/C28H20N4O3S/c1-17-11-13-19(14-12-17)16-31-22-10-6-5-9-20(22)23(26(31)34)24-27(35)32-28(36-24)29-25(33)21(30-32)15-18-7-3-2-4-8-18/h2-14H,15-16H2,1H3/b24-23-. The van der Waals surface area contributed by atoms with Gasteiger partial charge in [-0.1, -0.05) is 89.7 Å². The predicted molar refractivity (Wildman–Crippen MR) is 139 cm³/mol. The quantitative estimate of drug-likeness (QED) is 0.385. The van der Waals surface area contributed by atoms with Gasteiger partial charge in [-0.05, 0) is 24.1 Å². The second kappa shape index (κ2) is 8.66. The van der Waals surface area contributed by atoms with E-state index in [1.54, 1.807) is 4.90 Å². The van der Waals surface area contributed by atoms with Gasteiger partial charge in [-0.15, -0.1) is 0 Å². The second-order valence-electron chi connectivity index (χ2n) is 8.73. The van der Waals surface area contributed by atoms with Crippen molar-refractivity contribution >= 4 is 33.5 Å². The Balaban J connectivity index is 1.49. The maximum atomic E-state index is 13.7. The molecule has 176 valence electrons. The lowest BCUT2D eigenvalue weighted by molar-refractivity contribution is -0.113. The van der Waals surface area contributed by atoms with Crippen molar-refractivity contribution in [2.24, 2.45) is 0 Å². The molecule has 1 aliphatic heterocycles. The van der Waals surface area contributed by atoms with Crippen LogP contribution < -0.4 is 20.6 Å². The molecule has 0 saturated carbocycles. The molecule has 3 heterocycles. The summed E-state index contributed by atoms with van der Waals surface area (Å²) in [5.41, 5.74) is 4.03. The monoisotopic (exact) mass is 492 g/mol. The van der Waals surface area contributed by atoms with Crippen LogP contribution in [0.4, 0.5) is 5.69 Å². The van der Waals surface area contributed by atoms with Gasteiger partial charge in [0.1, 0.15) is 10.2 Å². The van der Waals surface area contributed by atoms with Crippen LogP contribution in [0.3, 0.4) is 0 Å². The van der Waals surface area contributed by atoms with Gasteiger partial charge < -0.3 is 4.90 Å². The fourth-order valence-corrected chi connectivity index (χ4v) is 5.42. The number of anilines is 1. The second-order valence-corrected chi connectivity index (χ2v) is 9.70. The van der Waals surface area contributed by atoms with E-state index in [1.165, 1.54) is 0 Å². The van der Waals surface area contributed by atoms with Crippen molar-refractivity contribution in [1.29, 1.82) is 0 Å². The first-order chi connectivity index (χ1) is 17.5. The van der Waals surface area contributed by atoms with Crippen molar-refractivity contribution in [3.8, 4) is 0 Å². The molecule has 0 N–H and O–H groups in total. The lowest BCUT2D eigenvalue weighted by atomic mass is 10.1. The van der Waals surface area contributed by atoms with E-state index in [2.05, 4.69) is 10.1 Å². The Morgan fingerprint density at radius 2 is 1.56 bits per heavy atom. The first-order valence-electron chi connectivity index (χ1n) is 11.5. The molecule has 0 radical (unpaired) electrons. The molecule has 0 bridgehead atoms. The first kappa shape index (κ1) is 22.1. The van der Waals surface area contributed by atoms with Crippen LogP contribution in [0.2, 0.25) is 0 Å². The fourth-order valence-electron chi connectivity index (χ4n) is 4.43. The molecule has 6 rings (SSSR count). The Kier molecular flexibility index (Phi) is 5.30. The topological polar surface area (TPSA) is 84.6 Å². The number of nitrogens with zero attached hydrogens (tertiary/aromatic N) is 4. The van der Waals surface area contributed by atoms with Crippen LogP contribution in [0.25, 0.3) is 10.5 Å². The van der Waals surface area contributed by atoms with Gasteiger partial charge in [0.2, 0.25) is 4.96 Å². The molecular weight excluding hydrogens is 472 g/mol. The van der Waals surface area contributed by atoms with Crippen LogP contribution in [-0.4, -0.2) is 20.5 Å². The molecule has 8 heteroatoms. The van der Waals surface area contributed by atoms with Crippen molar-refractivity contribution < 1.29 is 4.79 Å². The van der Waals surface area contributed by atoms with Gasteiger partial charge in [0, 0.05) is 12.0 Å². The third-order valence-corrected chi connectivity index (χ3v) is 7.28. The summed E-state index contributed by atoms with van der Waals surface area (Å²) >= 11 is 1.02. The van der Waals surface area contributed by atoms with Crippen LogP contribution in [-0.2, 0) is 17.8 Å². The average molecular weight is 493 g/mol. The highest BCUT2D eigenvalue weighted by Crippen LogP contribution is 2.36. The van der Waals surface area contributed by atoms with E-state index < -0.39 is 11.1 Å². The number of para-hydroxylation sites is 1. The number of fused-ring (bicyclic) bond motifs is 2. The minimum Gasteiger partial charge on any atom is -0.303 e. The summed E-state index contributed by atoms with van der Waals surface area (Å²) in [5, 5.41) is 4.34. The normalized spacial score (nSPS) is 14.5. The zero-order chi connectivity index (χ0) is 24.8. The van der Waals surface area contributed by atoms with Gasteiger partial charge in [0.25, 0.3) is 17.0 Å². The minimum absolute atomic E-state index is 0.173. The third-order valence-electron chi connectivity index (χ3n) is 6.25. The number of aryl methyl sites for hydroxylation is 1. The molecule has 1 aliphatic rings. The van der Waals surface area contributed by atoms with Crippen LogP contribution in [0.5, 0.6) is 0 Å². The molecule has 2 aromatic heterocycles. The third kappa shape index (κ3) is 3.72. The van der Waals surface area contributed by atoms with E-state index in [-0.39, 0.29) is 27.5 Å². The summed E-state index contributed by atoms with van der Waals surface area (Å²) in [4.78, 5) is 45.8. The SMILES string of the molecule is Cc1ccc(CN2C(=O)/C(=c3\sc4nc(=O)c(Cc5ccccc5)nn4c3=O)c3ccccc32)cc1. The summed E-state index contributed by atoms with van der Waals surface area (Å²) in [6.07, 6.45) is 0.267. The molecule has 3 aromatic carbocycles. The Labute approximate surface area is 209 Å². The van der Waals surface area contributed by atoms with E-state index in [0.717, 1.165) is 38.2 Å². The molecule has 5 aromatic rings. The molecule has 36 heavy (non-hydrogen) atoms. The summed E-state index contributed by atoms with van der Waals surface area (Å²) in [6.45, 7) is 2.40.